The molecule has 0 N–H and O–H groups in total. The molecule has 2 aromatic carbocycles. The Morgan fingerprint density at radius 1 is 1.21 bits per heavy atom. The largest absolute Gasteiger partial charge is 0.382 e. The van der Waals surface area contributed by atoms with Crippen molar-refractivity contribution in [1.29, 1.82) is 0 Å². The number of sulfone groups is 1. The van der Waals surface area contributed by atoms with Gasteiger partial charge >= 0.3 is 0 Å². The van der Waals surface area contributed by atoms with E-state index >= 15 is 0 Å². The van der Waals surface area contributed by atoms with Gasteiger partial charge in [0.1, 0.15) is 0 Å². The van der Waals surface area contributed by atoms with E-state index in [9.17, 15) is 8.42 Å². The fourth-order valence-corrected chi connectivity index (χ4v) is 5.57. The molecule has 0 aliphatic carbocycles. The second kappa shape index (κ2) is 9.14. The number of fused-ring (bicyclic) bond motifs is 1. The molecule has 0 bridgehead atoms. The summed E-state index contributed by atoms with van der Waals surface area (Å²) < 4.78 is 30.7. The highest BCUT2D eigenvalue weighted by Crippen LogP contribution is 2.38. The van der Waals surface area contributed by atoms with Crippen molar-refractivity contribution in [3.8, 4) is 0 Å². The number of benzene rings is 2. The van der Waals surface area contributed by atoms with Crippen molar-refractivity contribution >= 4 is 33.0 Å². The van der Waals surface area contributed by atoms with E-state index in [4.69, 9.17) is 27.9 Å². The molecular formula is C21H25Cl2NO3S. The lowest BCUT2D eigenvalue weighted by Gasteiger charge is -2.33. The third kappa shape index (κ3) is 4.89. The highest BCUT2D eigenvalue weighted by atomic mass is 35.5. The molecular weight excluding hydrogens is 417 g/mol. The van der Waals surface area contributed by atoms with Crippen molar-refractivity contribution in [2.24, 2.45) is 0 Å². The molecule has 28 heavy (non-hydrogen) atoms. The molecule has 2 aromatic rings. The molecule has 1 aliphatic rings. The molecule has 1 atom stereocenters. The monoisotopic (exact) mass is 441 g/mol. The number of halogens is 2. The van der Waals surface area contributed by atoms with Gasteiger partial charge in [0.05, 0.1) is 10.6 Å². The van der Waals surface area contributed by atoms with Crippen molar-refractivity contribution in [3.05, 3.63) is 63.1 Å². The number of hydrogen-bond acceptors (Lipinski definition) is 4. The normalized spacial score (nSPS) is 17.5. The molecule has 0 saturated heterocycles. The number of hydrogen-bond donors (Lipinski definition) is 0. The first-order valence-corrected chi connectivity index (χ1v) is 11.8. The van der Waals surface area contributed by atoms with E-state index in [2.05, 4.69) is 4.90 Å². The summed E-state index contributed by atoms with van der Waals surface area (Å²) >= 11 is 12.7. The minimum absolute atomic E-state index is 0.0172. The molecule has 152 valence electrons. The van der Waals surface area contributed by atoms with Gasteiger partial charge in [0.2, 0.25) is 0 Å². The van der Waals surface area contributed by atoms with Gasteiger partial charge in [-0.1, -0.05) is 35.3 Å². The second-order valence-electron chi connectivity index (χ2n) is 7.15. The molecule has 0 spiro atoms. The summed E-state index contributed by atoms with van der Waals surface area (Å²) in [6, 6.07) is 10.9. The summed E-state index contributed by atoms with van der Waals surface area (Å²) in [6.45, 7) is 4.47. The van der Waals surface area contributed by atoms with Crippen LogP contribution in [0.2, 0.25) is 10.0 Å². The molecule has 1 aliphatic heterocycles. The number of ether oxygens (including phenoxy) is 1. The Balaban J connectivity index is 1.93. The van der Waals surface area contributed by atoms with Crippen LogP contribution in [0.15, 0.2) is 41.3 Å². The van der Waals surface area contributed by atoms with E-state index in [1.807, 2.05) is 32.2 Å². The first-order chi connectivity index (χ1) is 13.3. The van der Waals surface area contributed by atoms with Crippen molar-refractivity contribution in [3.63, 3.8) is 0 Å². The van der Waals surface area contributed by atoms with Crippen LogP contribution >= 0.6 is 23.2 Å². The van der Waals surface area contributed by atoms with Crippen molar-refractivity contribution in [1.82, 2.24) is 4.90 Å². The summed E-state index contributed by atoms with van der Waals surface area (Å²) in [5, 5.41) is 1.25. The summed E-state index contributed by atoms with van der Waals surface area (Å²) in [4.78, 5) is 2.54. The lowest BCUT2D eigenvalue weighted by molar-refractivity contribution is 0.148. The van der Waals surface area contributed by atoms with Gasteiger partial charge in [-0.05, 0) is 61.3 Å². The van der Waals surface area contributed by atoms with E-state index in [0.29, 0.717) is 34.6 Å². The zero-order valence-corrected chi connectivity index (χ0v) is 18.4. The van der Waals surface area contributed by atoms with E-state index in [-0.39, 0.29) is 11.7 Å². The van der Waals surface area contributed by atoms with Crippen LogP contribution in [-0.4, -0.2) is 45.9 Å². The molecule has 0 fully saturated rings. The van der Waals surface area contributed by atoms with Crippen LogP contribution < -0.4 is 0 Å². The highest BCUT2D eigenvalue weighted by molar-refractivity contribution is 7.91. The average Bonchev–Trinajstić information content (AvgIpc) is 2.65. The minimum Gasteiger partial charge on any atom is -0.382 e. The average molecular weight is 442 g/mol. The Morgan fingerprint density at radius 3 is 2.75 bits per heavy atom. The van der Waals surface area contributed by atoms with Crippen LogP contribution in [0.25, 0.3) is 0 Å². The van der Waals surface area contributed by atoms with Crippen LogP contribution in [0.5, 0.6) is 0 Å². The molecule has 0 aromatic heterocycles. The number of likely N-dealkylation sites (N-methyl/N-ethyl adjacent to an activating group) is 1. The standard InChI is InChI=1S/C21H25Cl2NO3S/c1-3-27-8-5-9-28(25,26)17-7-4-6-15(10-17)19-13-24(2)14-20-18(19)11-16(22)12-21(20)23/h4,6-7,10-12,19H,3,5,8-9,13-14H2,1-2H3/t19-/m0/s1. The van der Waals surface area contributed by atoms with E-state index in [0.717, 1.165) is 29.8 Å². The molecule has 4 nitrogen and oxygen atoms in total. The SMILES string of the molecule is CCOCCCS(=O)(=O)c1cccc([C@@H]2CN(C)Cc3c(Cl)cc(Cl)cc32)c1. The summed E-state index contributed by atoms with van der Waals surface area (Å²) in [5.41, 5.74) is 3.08. The topological polar surface area (TPSA) is 46.6 Å². The maximum absolute atomic E-state index is 12.7. The predicted octanol–water partition coefficient (Wildman–Crippen LogP) is 4.77. The molecule has 0 unspecified atom stereocenters. The maximum atomic E-state index is 12.7. The Bertz CT molecular complexity index is 947. The smallest absolute Gasteiger partial charge is 0.178 e. The van der Waals surface area contributed by atoms with Gasteiger partial charge in [0.15, 0.2) is 9.84 Å². The lowest BCUT2D eigenvalue weighted by atomic mass is 9.85. The predicted molar refractivity (Wildman–Crippen MR) is 114 cm³/mol. The van der Waals surface area contributed by atoms with Crippen molar-refractivity contribution in [2.45, 2.75) is 30.7 Å². The van der Waals surface area contributed by atoms with Gasteiger partial charge in [0.25, 0.3) is 0 Å². The molecule has 0 amide bonds. The minimum atomic E-state index is -3.35. The molecule has 0 saturated carbocycles. The van der Waals surface area contributed by atoms with Crippen LogP contribution in [-0.2, 0) is 21.1 Å². The fourth-order valence-electron chi connectivity index (χ4n) is 3.67. The Hall–Kier alpha value is -1.11. The quantitative estimate of drug-likeness (QED) is 0.580. The molecule has 0 radical (unpaired) electrons. The van der Waals surface area contributed by atoms with Crippen molar-refractivity contribution < 1.29 is 13.2 Å². The first kappa shape index (κ1) is 21.6. The van der Waals surface area contributed by atoms with Gasteiger partial charge in [-0.3, -0.25) is 0 Å². The Morgan fingerprint density at radius 2 is 2.00 bits per heavy atom. The lowest BCUT2D eigenvalue weighted by Crippen LogP contribution is -2.31. The van der Waals surface area contributed by atoms with E-state index in [1.165, 1.54) is 0 Å². The third-order valence-electron chi connectivity index (χ3n) is 5.02. The van der Waals surface area contributed by atoms with Crippen LogP contribution in [0.4, 0.5) is 0 Å². The highest BCUT2D eigenvalue weighted by Gasteiger charge is 2.28. The van der Waals surface area contributed by atoms with Gasteiger partial charge < -0.3 is 9.64 Å². The summed E-state index contributed by atoms with van der Waals surface area (Å²) in [6.07, 6.45) is 0.487. The number of rotatable bonds is 7. The summed E-state index contributed by atoms with van der Waals surface area (Å²) in [5.74, 6) is 0.0958. The Kier molecular flexibility index (Phi) is 7.05. The number of nitrogens with zero attached hydrogens (tertiary/aromatic N) is 1. The van der Waals surface area contributed by atoms with Crippen LogP contribution in [0.1, 0.15) is 36.0 Å². The summed E-state index contributed by atoms with van der Waals surface area (Å²) in [7, 11) is -1.32. The fraction of sp³-hybridized carbons (Fsp3) is 0.429. The first-order valence-electron chi connectivity index (χ1n) is 9.38. The van der Waals surface area contributed by atoms with E-state index in [1.54, 1.807) is 18.2 Å². The molecule has 1 heterocycles. The van der Waals surface area contributed by atoms with Crippen molar-refractivity contribution in [2.75, 3.05) is 32.6 Å². The van der Waals surface area contributed by atoms with Gasteiger partial charge in [-0.2, -0.15) is 0 Å². The molecule has 7 heteroatoms. The maximum Gasteiger partial charge on any atom is 0.178 e. The zero-order chi connectivity index (χ0) is 20.3. The van der Waals surface area contributed by atoms with Crippen LogP contribution in [0.3, 0.4) is 0 Å². The van der Waals surface area contributed by atoms with Gasteiger partial charge in [-0.15, -0.1) is 0 Å². The molecule has 3 rings (SSSR count). The van der Waals surface area contributed by atoms with E-state index < -0.39 is 9.84 Å². The van der Waals surface area contributed by atoms with Gasteiger partial charge in [0, 0.05) is 42.3 Å². The Labute approximate surface area is 177 Å². The third-order valence-corrected chi connectivity index (χ3v) is 7.37. The zero-order valence-electron chi connectivity index (χ0n) is 16.1. The van der Waals surface area contributed by atoms with Gasteiger partial charge in [-0.25, -0.2) is 8.42 Å². The van der Waals surface area contributed by atoms with Crippen LogP contribution in [0, 0.1) is 0 Å². The second-order valence-corrected chi connectivity index (χ2v) is 10.1.